The Balaban J connectivity index is 1.06. The number of aromatic nitrogens is 3. The van der Waals surface area contributed by atoms with Gasteiger partial charge in [-0.2, -0.15) is 0 Å². The lowest BCUT2D eigenvalue weighted by molar-refractivity contribution is -0.274. The molecule has 5 heterocycles. The molecule has 3 aliphatic heterocycles. The SMILES string of the molecule is COC(=O)N[C@H](C(=O)N1C[C@@H](C)C[C@H]1c1nc(-c2ccc(-c3c(Cl)cc(C(=O)Nc4ccc(N5CCN(C(=O)C(C)(C)C)C[C@H]5C)nc4)cc3OC(F)(F)F)cc2)c[nH]1)C1CCOCC1. The lowest BCUT2D eigenvalue weighted by Gasteiger charge is -2.42. The summed E-state index contributed by atoms with van der Waals surface area (Å²) in [7, 11) is 1.25. The second-order valence-corrected chi connectivity index (χ2v) is 18.3. The number of H-pyrrole nitrogens is 1. The van der Waals surface area contributed by atoms with Gasteiger partial charge in [0.05, 0.1) is 35.8 Å². The van der Waals surface area contributed by atoms with Crippen LogP contribution < -0.4 is 20.3 Å². The van der Waals surface area contributed by atoms with Crippen molar-refractivity contribution in [3.05, 3.63) is 77.3 Å². The number of alkyl halides is 3. The summed E-state index contributed by atoms with van der Waals surface area (Å²) in [6.07, 6.45) is -0.786. The number of imidazole rings is 1. The van der Waals surface area contributed by atoms with Crippen LogP contribution in [0.15, 0.2) is 60.9 Å². The van der Waals surface area contributed by atoms with Crippen LogP contribution in [-0.2, 0) is 19.1 Å². The first-order valence-electron chi connectivity index (χ1n) is 21.6. The molecule has 3 aliphatic rings. The number of ether oxygens (including phenoxy) is 3. The van der Waals surface area contributed by atoms with Crippen LogP contribution in [0.4, 0.5) is 29.5 Å². The third-order valence-electron chi connectivity index (χ3n) is 12.0. The van der Waals surface area contributed by atoms with Crippen molar-refractivity contribution in [2.45, 2.75) is 78.4 Å². The van der Waals surface area contributed by atoms with E-state index in [9.17, 15) is 32.3 Å². The summed E-state index contributed by atoms with van der Waals surface area (Å²) in [4.78, 5) is 71.0. The van der Waals surface area contributed by atoms with Gasteiger partial charge in [-0.15, -0.1) is 13.2 Å². The van der Waals surface area contributed by atoms with E-state index in [-0.39, 0.29) is 51.4 Å². The van der Waals surface area contributed by atoms with Crippen molar-refractivity contribution in [2.75, 3.05) is 56.7 Å². The highest BCUT2D eigenvalue weighted by molar-refractivity contribution is 6.34. The smallest absolute Gasteiger partial charge is 0.453 e. The number of aromatic amines is 1. The molecular formula is C46H54ClF3N8O7. The monoisotopic (exact) mass is 922 g/mol. The number of nitrogens with zero attached hydrogens (tertiary/aromatic N) is 5. The van der Waals surface area contributed by atoms with E-state index in [1.54, 1.807) is 47.5 Å². The van der Waals surface area contributed by atoms with E-state index in [4.69, 9.17) is 26.1 Å². The number of piperazine rings is 1. The molecule has 4 amide bonds. The van der Waals surface area contributed by atoms with Crippen LogP contribution in [-0.4, -0.2) is 114 Å². The molecule has 348 valence electrons. The molecule has 0 bridgehead atoms. The third-order valence-corrected chi connectivity index (χ3v) is 12.3. The van der Waals surface area contributed by atoms with E-state index < -0.39 is 41.6 Å². The van der Waals surface area contributed by atoms with E-state index in [2.05, 4.69) is 30.2 Å². The molecule has 4 aromatic rings. The quantitative estimate of drug-likeness (QED) is 0.141. The number of hydrogen-bond acceptors (Lipinski definition) is 10. The van der Waals surface area contributed by atoms with E-state index in [1.807, 2.05) is 39.5 Å². The Morgan fingerprint density at radius 1 is 0.969 bits per heavy atom. The van der Waals surface area contributed by atoms with Gasteiger partial charge in [0.25, 0.3) is 5.91 Å². The summed E-state index contributed by atoms with van der Waals surface area (Å²) >= 11 is 6.66. The standard InChI is InChI=1S/C46H54ClF3N8O7/c1-26-19-35(58(24-26)42(60)39(55-44(62)63-6)30-13-17-64-18-14-30)40-52-23-34(54-40)28-7-9-29(10-8-28)38-33(47)20-31(21-36(38)65-46(48,49)50)41(59)53-32-11-12-37(51-22-32)57-16-15-56(25-27(57)2)43(61)45(3,4)5/h7-12,20-23,26-27,30,35,39H,13-19,24-25H2,1-6H3,(H,52,54)(H,53,59)(H,55,62)/t26-,27+,35-,39-/m0/s1. The Morgan fingerprint density at radius 3 is 2.31 bits per heavy atom. The van der Waals surface area contributed by atoms with Crippen LogP contribution >= 0.6 is 11.6 Å². The van der Waals surface area contributed by atoms with Crippen molar-refractivity contribution in [3.63, 3.8) is 0 Å². The van der Waals surface area contributed by atoms with Gasteiger partial charge in [-0.1, -0.05) is 63.6 Å². The summed E-state index contributed by atoms with van der Waals surface area (Å²) in [5.41, 5.74) is 1.02. The lowest BCUT2D eigenvalue weighted by Crippen LogP contribution is -2.56. The highest BCUT2D eigenvalue weighted by atomic mass is 35.5. The van der Waals surface area contributed by atoms with Crippen LogP contribution in [0.3, 0.4) is 0 Å². The van der Waals surface area contributed by atoms with Gasteiger partial charge in [0, 0.05) is 73.7 Å². The lowest BCUT2D eigenvalue weighted by atomic mass is 9.90. The molecule has 2 aromatic heterocycles. The Morgan fingerprint density at radius 2 is 1.68 bits per heavy atom. The summed E-state index contributed by atoms with van der Waals surface area (Å²) in [6.45, 7) is 12.8. The topological polar surface area (TPSA) is 171 Å². The number of rotatable bonds is 10. The summed E-state index contributed by atoms with van der Waals surface area (Å²) < 4.78 is 56.3. The Hall–Kier alpha value is -5.88. The molecule has 65 heavy (non-hydrogen) atoms. The molecule has 3 N–H and O–H groups in total. The second kappa shape index (κ2) is 19.3. The Labute approximate surface area is 380 Å². The average Bonchev–Trinajstić information content (AvgIpc) is 3.92. The summed E-state index contributed by atoms with van der Waals surface area (Å²) in [6, 6.07) is 10.9. The molecule has 0 spiro atoms. The molecule has 15 nitrogen and oxygen atoms in total. The maximum absolute atomic E-state index is 14.1. The number of carbonyl (C=O) groups excluding carboxylic acids is 4. The normalized spacial score (nSPS) is 20.0. The van der Waals surface area contributed by atoms with Crippen molar-refractivity contribution in [1.29, 1.82) is 0 Å². The minimum atomic E-state index is -5.10. The predicted octanol–water partition coefficient (Wildman–Crippen LogP) is 8.09. The van der Waals surface area contributed by atoms with Gasteiger partial charge >= 0.3 is 12.5 Å². The van der Waals surface area contributed by atoms with Crippen molar-refractivity contribution in [1.82, 2.24) is 30.1 Å². The van der Waals surface area contributed by atoms with Gasteiger partial charge in [0.1, 0.15) is 23.4 Å². The van der Waals surface area contributed by atoms with E-state index in [0.29, 0.717) is 87.2 Å². The van der Waals surface area contributed by atoms with Crippen molar-refractivity contribution in [3.8, 4) is 28.1 Å². The minimum Gasteiger partial charge on any atom is -0.453 e. The molecule has 7 rings (SSSR count). The van der Waals surface area contributed by atoms with Gasteiger partial charge < -0.3 is 44.5 Å². The number of amides is 4. The van der Waals surface area contributed by atoms with Gasteiger partial charge in [0.15, 0.2) is 0 Å². The van der Waals surface area contributed by atoms with Crippen LogP contribution in [0.5, 0.6) is 5.75 Å². The van der Waals surface area contributed by atoms with Crippen molar-refractivity contribution >= 4 is 46.9 Å². The van der Waals surface area contributed by atoms with Gasteiger partial charge in [-0.05, 0) is 67.9 Å². The molecule has 4 atom stereocenters. The van der Waals surface area contributed by atoms with Gasteiger partial charge in [-0.25, -0.2) is 14.8 Å². The average molecular weight is 923 g/mol. The maximum atomic E-state index is 14.1. The van der Waals surface area contributed by atoms with Crippen molar-refractivity contribution < 1.29 is 46.6 Å². The molecule has 3 saturated heterocycles. The number of anilines is 2. The fraction of sp³-hybridized carbons (Fsp3) is 0.478. The summed E-state index contributed by atoms with van der Waals surface area (Å²) in [5.74, 6) is -0.323. The zero-order chi connectivity index (χ0) is 46.8. The van der Waals surface area contributed by atoms with Gasteiger partial charge in [-0.3, -0.25) is 14.4 Å². The molecule has 0 radical (unpaired) electrons. The fourth-order valence-electron chi connectivity index (χ4n) is 8.79. The zero-order valence-corrected chi connectivity index (χ0v) is 37.9. The molecule has 2 aromatic carbocycles. The molecular weight excluding hydrogens is 869 g/mol. The number of likely N-dealkylation sites (tertiary alicyclic amines) is 1. The molecule has 0 unspecified atom stereocenters. The Kier molecular flexibility index (Phi) is 14.0. The first-order chi connectivity index (χ1) is 30.8. The van der Waals surface area contributed by atoms with Gasteiger partial charge in [0.2, 0.25) is 11.8 Å². The van der Waals surface area contributed by atoms with Crippen LogP contribution in [0.2, 0.25) is 5.02 Å². The fourth-order valence-corrected chi connectivity index (χ4v) is 9.11. The zero-order valence-electron chi connectivity index (χ0n) is 37.1. The van der Waals surface area contributed by atoms with E-state index >= 15 is 0 Å². The van der Waals surface area contributed by atoms with Crippen molar-refractivity contribution in [2.24, 2.45) is 17.3 Å². The number of hydrogen-bond donors (Lipinski definition) is 3. The van der Waals surface area contributed by atoms with Crippen LogP contribution in [0.1, 0.15) is 76.1 Å². The van der Waals surface area contributed by atoms with E-state index in [1.165, 1.54) is 19.4 Å². The number of nitrogens with one attached hydrogen (secondary N) is 3. The first kappa shape index (κ1) is 47.1. The number of benzene rings is 2. The van der Waals surface area contributed by atoms with Crippen LogP contribution in [0.25, 0.3) is 22.4 Å². The number of alkyl carbamates (subject to hydrolysis) is 1. The highest BCUT2D eigenvalue weighted by Crippen LogP contribution is 2.42. The number of methoxy groups -OCH3 is 1. The maximum Gasteiger partial charge on any atom is 0.573 e. The highest BCUT2D eigenvalue weighted by Gasteiger charge is 2.42. The molecule has 3 fully saturated rings. The molecule has 0 aliphatic carbocycles. The number of halogens is 4. The van der Waals surface area contributed by atoms with E-state index in [0.717, 1.165) is 6.07 Å². The molecule has 0 saturated carbocycles. The predicted molar refractivity (Wildman–Crippen MR) is 237 cm³/mol. The van der Waals surface area contributed by atoms with Crippen LogP contribution in [0, 0.1) is 17.3 Å². The second-order valence-electron chi connectivity index (χ2n) is 17.9. The number of pyridine rings is 1. The summed E-state index contributed by atoms with van der Waals surface area (Å²) in [5, 5.41) is 5.28. The number of carbonyl (C=O) groups is 4. The minimum absolute atomic E-state index is 0.0125. The largest absolute Gasteiger partial charge is 0.573 e. The Bertz CT molecular complexity index is 2370. The third kappa shape index (κ3) is 11.0. The molecule has 19 heteroatoms. The first-order valence-corrected chi connectivity index (χ1v) is 22.0.